The van der Waals surface area contributed by atoms with Crippen LogP contribution >= 0.6 is 22.6 Å². The van der Waals surface area contributed by atoms with Gasteiger partial charge in [-0.3, -0.25) is 4.79 Å². The van der Waals surface area contributed by atoms with Gasteiger partial charge in [0.05, 0.1) is 36.9 Å². The summed E-state index contributed by atoms with van der Waals surface area (Å²) in [7, 11) is -5.14. The Labute approximate surface area is 429 Å². The molecule has 12 heteroatoms. The first-order chi connectivity index (χ1) is 30.6. The summed E-state index contributed by atoms with van der Waals surface area (Å²) < 4.78 is 50.6. The molecule has 2 rings (SSSR count). The molecule has 0 radical (unpaired) electrons. The highest BCUT2D eigenvalue weighted by Gasteiger charge is 2.47. The molecule has 0 aromatic rings. The van der Waals surface area contributed by atoms with E-state index >= 15 is 4.79 Å². The molecule has 2 unspecified atom stereocenters. The van der Waals surface area contributed by atoms with Crippen LogP contribution in [-0.2, 0) is 37.0 Å². The van der Waals surface area contributed by atoms with Crippen LogP contribution < -0.4 is 0 Å². The van der Waals surface area contributed by atoms with E-state index in [1.807, 2.05) is 31.1 Å². The topological polar surface area (TPSA) is 81.7 Å². The van der Waals surface area contributed by atoms with Crippen molar-refractivity contribution in [3.63, 3.8) is 0 Å². The predicted octanol–water partition coefficient (Wildman–Crippen LogP) is 16.2. The Morgan fingerprint density at radius 3 is 1.88 bits per heavy atom. The second-order valence-electron chi connectivity index (χ2n) is 25.1. The van der Waals surface area contributed by atoms with Crippen molar-refractivity contribution in [1.82, 2.24) is 0 Å². The van der Waals surface area contributed by atoms with Gasteiger partial charge in [-0.2, -0.15) is 0 Å². The molecule has 0 spiro atoms. The first kappa shape index (κ1) is 62.4. The number of rotatable bonds is 12. The Kier molecular flexibility index (Phi) is 24.5. The molecule has 2 aliphatic rings. The third-order valence-corrected chi connectivity index (χ3v) is 29.7. The van der Waals surface area contributed by atoms with Crippen molar-refractivity contribution >= 4 is 53.5 Å². The number of carbonyl (C=O) groups is 1. The zero-order chi connectivity index (χ0) is 51.4. The highest BCUT2D eigenvalue weighted by molar-refractivity contribution is 14.1. The molecule has 1 saturated heterocycles. The largest absolute Gasteiger partial charge is 0.462 e. The van der Waals surface area contributed by atoms with Crippen LogP contribution in [0.5, 0.6) is 0 Å². The number of fused-ring (bicyclic) bond motifs is 2. The Morgan fingerprint density at radius 1 is 0.791 bits per heavy atom. The molecule has 0 amide bonds. The van der Waals surface area contributed by atoms with Gasteiger partial charge in [0.1, 0.15) is 6.10 Å². The third-order valence-electron chi connectivity index (χ3n) is 15.8. The van der Waals surface area contributed by atoms with Gasteiger partial charge in [-0.05, 0) is 117 Å². The SMILES string of the molecule is COC1C/C=C\C=C\C[C@H](C)[C@H]2C[C@H](OC(C)(C)O2)[C@H](C)[C@H](O[Si](C)(C)C(C)(C)C)CC(=O)O[C@H]([C@H](C)[C@@H](/C=C(C)/C=C/C=C/I)O[Si](C)(C)C(C)(C)C)CC(O[Si](C)(C)C(C)(C)C)CCC1. The number of hydrogen-bond donors (Lipinski definition) is 0. The lowest BCUT2D eigenvalue weighted by molar-refractivity contribution is -0.317. The minimum atomic E-state index is -2.38. The summed E-state index contributed by atoms with van der Waals surface area (Å²) in [5, 5.41) is -0.109. The predicted molar refractivity (Wildman–Crippen MR) is 299 cm³/mol. The highest BCUT2D eigenvalue weighted by Crippen LogP contribution is 2.44. The van der Waals surface area contributed by atoms with E-state index in [0.717, 1.165) is 37.7 Å². The molecule has 2 bridgehead atoms. The molecule has 2 heterocycles. The van der Waals surface area contributed by atoms with Gasteiger partial charge in [-0.1, -0.05) is 160 Å². The number of methoxy groups -OCH3 is 1. The number of allylic oxidation sites excluding steroid dienone is 7. The van der Waals surface area contributed by atoms with Crippen LogP contribution in [0.25, 0.3) is 0 Å². The minimum absolute atomic E-state index is 0.00635. The molecule has 0 saturated carbocycles. The molecule has 388 valence electrons. The lowest BCUT2D eigenvalue weighted by Crippen LogP contribution is -2.53. The van der Waals surface area contributed by atoms with Gasteiger partial charge < -0.3 is 32.2 Å². The van der Waals surface area contributed by atoms with E-state index in [1.54, 1.807) is 0 Å². The molecule has 10 atom stereocenters. The van der Waals surface area contributed by atoms with Crippen molar-refractivity contribution < 1.29 is 37.0 Å². The van der Waals surface area contributed by atoms with Crippen LogP contribution in [0.1, 0.15) is 155 Å². The van der Waals surface area contributed by atoms with Crippen LogP contribution in [0.4, 0.5) is 0 Å². The molecule has 0 aliphatic carbocycles. The van der Waals surface area contributed by atoms with E-state index in [2.05, 4.69) is 194 Å². The third kappa shape index (κ3) is 20.4. The number of cyclic esters (lactones) is 1. The van der Waals surface area contributed by atoms with E-state index in [0.29, 0.717) is 12.8 Å². The molecule has 2 aliphatic heterocycles. The van der Waals surface area contributed by atoms with Crippen molar-refractivity contribution in [1.29, 1.82) is 0 Å². The van der Waals surface area contributed by atoms with Gasteiger partial charge in [-0.15, -0.1) is 0 Å². The van der Waals surface area contributed by atoms with E-state index in [-0.39, 0.29) is 75.8 Å². The summed E-state index contributed by atoms with van der Waals surface area (Å²) in [4.78, 5) is 15.1. The fourth-order valence-electron chi connectivity index (χ4n) is 8.03. The van der Waals surface area contributed by atoms with E-state index in [1.165, 1.54) is 0 Å². The Bertz CT molecular complexity index is 1660. The van der Waals surface area contributed by atoms with Crippen molar-refractivity contribution in [2.24, 2.45) is 17.8 Å². The van der Waals surface area contributed by atoms with Gasteiger partial charge in [0.15, 0.2) is 30.7 Å². The van der Waals surface area contributed by atoms with Crippen molar-refractivity contribution in [2.45, 2.75) is 258 Å². The van der Waals surface area contributed by atoms with Gasteiger partial charge in [0.25, 0.3) is 0 Å². The molecule has 0 aromatic carbocycles. The quantitative estimate of drug-likeness (QED) is 0.0827. The fourth-order valence-corrected chi connectivity index (χ4v) is 12.4. The number of ether oxygens (including phenoxy) is 4. The monoisotopic (exact) mass is 1100 g/mol. The summed E-state index contributed by atoms with van der Waals surface area (Å²) in [6.45, 7) is 47.2. The fraction of sp³-hybridized carbons (Fsp3) is 0.800. The van der Waals surface area contributed by atoms with Crippen LogP contribution in [0.2, 0.25) is 54.4 Å². The van der Waals surface area contributed by atoms with Gasteiger partial charge in [-0.25, -0.2) is 0 Å². The molecule has 0 aromatic heterocycles. The second-order valence-corrected chi connectivity index (χ2v) is 40.1. The zero-order valence-electron chi connectivity index (χ0n) is 46.8. The van der Waals surface area contributed by atoms with Crippen LogP contribution in [0.15, 0.2) is 58.3 Å². The molecule has 0 N–H and O–H groups in total. The normalized spacial score (nSPS) is 30.0. The average Bonchev–Trinajstić information content (AvgIpc) is 3.17. The van der Waals surface area contributed by atoms with Gasteiger partial charge in [0.2, 0.25) is 0 Å². The lowest BCUT2D eigenvalue weighted by atomic mass is 9.86. The Hall–Kier alpha value is -0.689. The molecular weight excluding hydrogens is 1000 g/mol. The van der Waals surface area contributed by atoms with Gasteiger partial charge >= 0.3 is 5.97 Å². The second kappa shape index (κ2) is 26.3. The number of halogens is 1. The number of carbonyl (C=O) groups excluding carboxylic acids is 1. The van der Waals surface area contributed by atoms with Crippen LogP contribution in [0, 0.1) is 17.8 Å². The summed E-state index contributed by atoms with van der Waals surface area (Å²) in [6, 6.07) is 0. The van der Waals surface area contributed by atoms with Crippen molar-refractivity contribution in [3.8, 4) is 0 Å². The van der Waals surface area contributed by atoms with Crippen molar-refractivity contribution in [2.75, 3.05) is 7.11 Å². The molecule has 67 heavy (non-hydrogen) atoms. The number of esters is 1. The molecular formula is C55H101IO8Si3. The zero-order valence-corrected chi connectivity index (χ0v) is 51.9. The first-order valence-electron chi connectivity index (χ1n) is 25.6. The maximum atomic E-state index is 15.1. The Morgan fingerprint density at radius 2 is 1.33 bits per heavy atom. The Balaban J connectivity index is 2.92. The van der Waals surface area contributed by atoms with Crippen LogP contribution in [-0.4, -0.2) is 86.5 Å². The molecule has 8 nitrogen and oxygen atoms in total. The lowest BCUT2D eigenvalue weighted by Gasteiger charge is -2.47. The van der Waals surface area contributed by atoms with E-state index in [9.17, 15) is 0 Å². The summed E-state index contributed by atoms with van der Waals surface area (Å²) >= 11 is 2.25. The smallest absolute Gasteiger partial charge is 0.308 e. The van der Waals surface area contributed by atoms with Crippen molar-refractivity contribution in [3.05, 3.63) is 58.3 Å². The van der Waals surface area contributed by atoms with E-state index in [4.69, 9.17) is 32.2 Å². The first-order valence-corrected chi connectivity index (χ1v) is 35.6. The minimum Gasteiger partial charge on any atom is -0.462 e. The summed E-state index contributed by atoms with van der Waals surface area (Å²) in [5.41, 5.74) is 1.10. The van der Waals surface area contributed by atoms with Gasteiger partial charge in [0, 0.05) is 37.9 Å². The maximum absolute atomic E-state index is 15.1. The summed E-state index contributed by atoms with van der Waals surface area (Å²) in [5.74, 6) is -1.10. The maximum Gasteiger partial charge on any atom is 0.308 e. The average molecular weight is 1100 g/mol. The van der Waals surface area contributed by atoms with E-state index < -0.39 is 42.9 Å². The van der Waals surface area contributed by atoms with Crippen LogP contribution in [0.3, 0.4) is 0 Å². The molecule has 1 fully saturated rings. The summed E-state index contributed by atoms with van der Waals surface area (Å²) in [6.07, 6.45) is 21.5. The number of hydrogen-bond acceptors (Lipinski definition) is 8. The highest BCUT2D eigenvalue weighted by atomic mass is 127. The standard InChI is InChI=1S/C55H101IO8Si3/c1-40(30-27-28-35-56)36-49(63-66(19,20)53(8,9)10)42(3)47-37-45(62-65(17,18)52(5,6)7)34-29-33-44(58-16)32-26-24-23-25-31-41(2)46-38-48(61-55(14,15)60-46)43(4)50(39-51(57)59-47)64-67(21,22)54(11,12)13/h23-28,30,35-36,41-50H,29,31-34,37-39H2,1-22H3/b25-23+,26-24-,30-27+,35-28+,40-36+/t41-,42-,43-,44?,45?,46+,47-,48-,49+,50+/m0/s1.